The first-order valence-electron chi connectivity index (χ1n) is 5.82. The molecule has 1 saturated heterocycles. The van der Waals surface area contributed by atoms with Crippen molar-refractivity contribution in [3.63, 3.8) is 0 Å². The molecule has 1 aromatic carbocycles. The van der Waals surface area contributed by atoms with E-state index in [0.29, 0.717) is 12.0 Å². The van der Waals surface area contributed by atoms with E-state index in [2.05, 4.69) is 18.3 Å². The van der Waals surface area contributed by atoms with Crippen molar-refractivity contribution in [2.24, 2.45) is 5.92 Å². The van der Waals surface area contributed by atoms with Gasteiger partial charge in [-0.3, -0.25) is 0 Å². The molecule has 0 aliphatic carbocycles. The largest absolute Gasteiger partial charge is 0.381 e. The highest BCUT2D eigenvalue weighted by atomic mass is 35.5. The first-order valence-corrected chi connectivity index (χ1v) is 6.20. The van der Waals surface area contributed by atoms with Crippen LogP contribution in [-0.2, 0) is 4.74 Å². The number of hydrogen-bond donors (Lipinski definition) is 1. The Hall–Kier alpha value is -0.570. The molecule has 0 aromatic heterocycles. The zero-order valence-corrected chi connectivity index (χ0v) is 10.3. The molecule has 88 valence electrons. The summed E-state index contributed by atoms with van der Waals surface area (Å²) in [6.45, 7) is 5.00. The number of benzene rings is 1. The van der Waals surface area contributed by atoms with Crippen LogP contribution in [-0.4, -0.2) is 19.8 Å². The van der Waals surface area contributed by atoms with Gasteiger partial charge >= 0.3 is 0 Å². The molecule has 0 radical (unpaired) electrons. The van der Waals surface area contributed by atoms with Crippen LogP contribution in [0.1, 0.15) is 24.9 Å². The molecule has 1 fully saturated rings. The molecule has 1 aliphatic rings. The third-order valence-corrected chi connectivity index (χ3v) is 3.32. The van der Waals surface area contributed by atoms with Crippen molar-refractivity contribution < 1.29 is 4.74 Å². The quantitative estimate of drug-likeness (QED) is 0.872. The van der Waals surface area contributed by atoms with Crippen molar-refractivity contribution in [3.05, 3.63) is 34.9 Å². The molecule has 2 atom stereocenters. The molecule has 1 aliphatic heterocycles. The number of ether oxygens (including phenoxy) is 1. The van der Waals surface area contributed by atoms with Crippen molar-refractivity contribution in [2.75, 3.05) is 19.8 Å². The minimum Gasteiger partial charge on any atom is -0.381 e. The fraction of sp³-hybridized carbons (Fsp3) is 0.538. The van der Waals surface area contributed by atoms with Crippen LogP contribution in [0.25, 0.3) is 0 Å². The van der Waals surface area contributed by atoms with Crippen LogP contribution in [0.15, 0.2) is 24.3 Å². The summed E-state index contributed by atoms with van der Waals surface area (Å²) in [6, 6.07) is 8.37. The van der Waals surface area contributed by atoms with Gasteiger partial charge in [0.2, 0.25) is 0 Å². The lowest BCUT2D eigenvalue weighted by molar-refractivity contribution is 0.184. The summed E-state index contributed by atoms with van der Waals surface area (Å²) < 4.78 is 5.35. The number of rotatable bonds is 4. The van der Waals surface area contributed by atoms with Crippen LogP contribution in [0.2, 0.25) is 5.02 Å². The summed E-state index contributed by atoms with van der Waals surface area (Å²) >= 11 is 5.97. The van der Waals surface area contributed by atoms with E-state index in [1.807, 2.05) is 18.2 Å². The zero-order valence-electron chi connectivity index (χ0n) is 9.58. The molecule has 1 aromatic rings. The third kappa shape index (κ3) is 3.21. The van der Waals surface area contributed by atoms with Crippen LogP contribution >= 0.6 is 11.6 Å². The zero-order chi connectivity index (χ0) is 11.4. The lowest BCUT2D eigenvalue weighted by Crippen LogP contribution is -2.25. The van der Waals surface area contributed by atoms with Gasteiger partial charge in [-0.2, -0.15) is 0 Å². The van der Waals surface area contributed by atoms with Gasteiger partial charge in [0.25, 0.3) is 0 Å². The Morgan fingerprint density at radius 2 is 2.44 bits per heavy atom. The summed E-state index contributed by atoms with van der Waals surface area (Å²) in [5, 5.41) is 4.33. The van der Waals surface area contributed by atoms with Gasteiger partial charge in [-0.25, -0.2) is 0 Å². The monoisotopic (exact) mass is 239 g/mol. The standard InChI is InChI=1S/C13H18ClNO/c1-10(12-3-2-4-13(14)7-12)15-8-11-5-6-16-9-11/h2-4,7,10-11,15H,5-6,8-9H2,1H3. The van der Waals surface area contributed by atoms with Crippen molar-refractivity contribution in [2.45, 2.75) is 19.4 Å². The van der Waals surface area contributed by atoms with Gasteiger partial charge in [0, 0.05) is 24.2 Å². The maximum atomic E-state index is 5.97. The smallest absolute Gasteiger partial charge is 0.0507 e. The molecule has 2 rings (SSSR count). The van der Waals surface area contributed by atoms with Gasteiger partial charge in [-0.05, 0) is 37.0 Å². The molecule has 0 saturated carbocycles. The molecule has 2 unspecified atom stereocenters. The molecule has 0 amide bonds. The van der Waals surface area contributed by atoms with Crippen LogP contribution in [0.5, 0.6) is 0 Å². The SMILES string of the molecule is CC(NCC1CCOC1)c1cccc(Cl)c1. The Labute approximate surface area is 102 Å². The second-order valence-corrected chi connectivity index (χ2v) is 4.85. The molecule has 0 spiro atoms. The number of hydrogen-bond acceptors (Lipinski definition) is 2. The Morgan fingerprint density at radius 1 is 1.56 bits per heavy atom. The lowest BCUT2D eigenvalue weighted by atomic mass is 10.1. The molecule has 0 bridgehead atoms. The molecular weight excluding hydrogens is 222 g/mol. The number of halogens is 1. The van der Waals surface area contributed by atoms with Crippen molar-refractivity contribution in [1.82, 2.24) is 5.32 Å². The summed E-state index contributed by atoms with van der Waals surface area (Å²) in [4.78, 5) is 0. The van der Waals surface area contributed by atoms with Crippen LogP contribution in [0.3, 0.4) is 0 Å². The fourth-order valence-electron chi connectivity index (χ4n) is 1.98. The minimum absolute atomic E-state index is 0.347. The van der Waals surface area contributed by atoms with E-state index >= 15 is 0 Å². The van der Waals surface area contributed by atoms with Gasteiger partial charge in [-0.1, -0.05) is 23.7 Å². The fourth-order valence-corrected chi connectivity index (χ4v) is 2.18. The summed E-state index contributed by atoms with van der Waals surface area (Å²) in [5.41, 5.74) is 1.24. The number of nitrogens with one attached hydrogen (secondary N) is 1. The maximum Gasteiger partial charge on any atom is 0.0507 e. The average molecular weight is 240 g/mol. The Kier molecular flexibility index (Phi) is 4.22. The Bertz CT molecular complexity index is 336. The molecule has 2 nitrogen and oxygen atoms in total. The van der Waals surface area contributed by atoms with Crippen LogP contribution in [0, 0.1) is 5.92 Å². The summed E-state index contributed by atoms with van der Waals surface area (Å²) in [5.74, 6) is 0.668. The Balaban J connectivity index is 1.85. The second-order valence-electron chi connectivity index (χ2n) is 4.41. The highest BCUT2D eigenvalue weighted by Gasteiger charge is 2.16. The van der Waals surface area contributed by atoms with Gasteiger partial charge < -0.3 is 10.1 Å². The topological polar surface area (TPSA) is 21.3 Å². The lowest BCUT2D eigenvalue weighted by Gasteiger charge is -2.16. The average Bonchev–Trinajstić information content (AvgIpc) is 2.78. The van der Waals surface area contributed by atoms with E-state index in [1.54, 1.807) is 0 Å². The van der Waals surface area contributed by atoms with Crippen molar-refractivity contribution >= 4 is 11.6 Å². The first kappa shape index (κ1) is 11.9. The van der Waals surface area contributed by atoms with E-state index < -0.39 is 0 Å². The van der Waals surface area contributed by atoms with Gasteiger partial charge in [0.05, 0.1) is 6.61 Å². The first-order chi connectivity index (χ1) is 7.75. The van der Waals surface area contributed by atoms with E-state index in [-0.39, 0.29) is 0 Å². The van der Waals surface area contributed by atoms with Gasteiger partial charge in [0.1, 0.15) is 0 Å². The highest BCUT2D eigenvalue weighted by Crippen LogP contribution is 2.18. The third-order valence-electron chi connectivity index (χ3n) is 3.09. The molecule has 3 heteroatoms. The Morgan fingerprint density at radius 3 is 3.12 bits per heavy atom. The van der Waals surface area contributed by atoms with Crippen molar-refractivity contribution in [1.29, 1.82) is 0 Å². The van der Waals surface area contributed by atoms with E-state index in [1.165, 1.54) is 12.0 Å². The molecule has 1 N–H and O–H groups in total. The normalized spacial score (nSPS) is 22.2. The molecular formula is C13H18ClNO. The van der Waals surface area contributed by atoms with Crippen LogP contribution in [0.4, 0.5) is 0 Å². The van der Waals surface area contributed by atoms with Crippen molar-refractivity contribution in [3.8, 4) is 0 Å². The summed E-state index contributed by atoms with van der Waals surface area (Å²) in [7, 11) is 0. The van der Waals surface area contributed by atoms with Crippen LogP contribution < -0.4 is 5.32 Å². The van der Waals surface area contributed by atoms with E-state index in [4.69, 9.17) is 16.3 Å². The van der Waals surface area contributed by atoms with E-state index in [0.717, 1.165) is 24.8 Å². The van der Waals surface area contributed by atoms with Gasteiger partial charge in [0.15, 0.2) is 0 Å². The predicted molar refractivity (Wildman–Crippen MR) is 66.8 cm³/mol. The predicted octanol–water partition coefficient (Wildman–Crippen LogP) is 3.03. The highest BCUT2D eigenvalue weighted by molar-refractivity contribution is 6.30. The van der Waals surface area contributed by atoms with Gasteiger partial charge in [-0.15, -0.1) is 0 Å². The molecule has 1 heterocycles. The summed E-state index contributed by atoms with van der Waals surface area (Å²) in [6.07, 6.45) is 1.18. The van der Waals surface area contributed by atoms with E-state index in [9.17, 15) is 0 Å². The molecule has 16 heavy (non-hydrogen) atoms. The second kappa shape index (κ2) is 5.67. The minimum atomic E-state index is 0.347. The maximum absolute atomic E-state index is 5.97.